The molecule has 0 spiro atoms. The van der Waals surface area contributed by atoms with Crippen molar-refractivity contribution in [1.82, 2.24) is 4.90 Å². The minimum Gasteiger partial charge on any atom is -0.363 e. The lowest BCUT2D eigenvalue weighted by atomic mass is 10.2. The van der Waals surface area contributed by atoms with Gasteiger partial charge < -0.3 is 9.80 Å². The molecule has 0 unspecified atom stereocenters. The summed E-state index contributed by atoms with van der Waals surface area (Å²) < 4.78 is 0. The van der Waals surface area contributed by atoms with E-state index in [0.717, 1.165) is 26.2 Å². The summed E-state index contributed by atoms with van der Waals surface area (Å²) in [7, 11) is 2.05. The Labute approximate surface area is 105 Å². The molecular weight excluding hydrogens is 242 g/mol. The Morgan fingerprint density at radius 3 is 2.53 bits per heavy atom. The van der Waals surface area contributed by atoms with Crippen molar-refractivity contribution in [3.05, 3.63) is 33.3 Å². The molecule has 2 rings (SSSR count). The van der Waals surface area contributed by atoms with Gasteiger partial charge in [-0.1, -0.05) is 11.6 Å². The van der Waals surface area contributed by atoms with Gasteiger partial charge in [-0.2, -0.15) is 0 Å². The van der Waals surface area contributed by atoms with E-state index in [1.807, 2.05) is 11.9 Å². The second-order valence-electron chi connectivity index (χ2n) is 4.18. The highest BCUT2D eigenvalue weighted by atomic mass is 35.5. The first-order valence-corrected chi connectivity index (χ1v) is 5.83. The molecule has 0 saturated carbocycles. The molecule has 0 amide bonds. The number of piperazine rings is 1. The summed E-state index contributed by atoms with van der Waals surface area (Å²) in [5.74, 6) is 0. The Balaban J connectivity index is 2.28. The summed E-state index contributed by atoms with van der Waals surface area (Å²) in [6, 6.07) is 4.84. The fraction of sp³-hybridized carbons (Fsp3) is 0.455. The molecular formula is C11H14ClN3O2. The lowest BCUT2D eigenvalue weighted by Crippen LogP contribution is -2.44. The van der Waals surface area contributed by atoms with Crippen molar-refractivity contribution in [3.63, 3.8) is 0 Å². The van der Waals surface area contributed by atoms with Gasteiger partial charge in [-0.15, -0.1) is 0 Å². The van der Waals surface area contributed by atoms with Crippen LogP contribution in [0.3, 0.4) is 0 Å². The normalized spacial score (nSPS) is 17.2. The Bertz CT molecular complexity index is 431. The average Bonchev–Trinajstić information content (AvgIpc) is 2.30. The maximum atomic E-state index is 11.0. The summed E-state index contributed by atoms with van der Waals surface area (Å²) in [6.07, 6.45) is 0. The number of hydrogen-bond acceptors (Lipinski definition) is 4. The van der Waals surface area contributed by atoms with E-state index in [2.05, 4.69) is 4.90 Å². The van der Waals surface area contributed by atoms with Crippen molar-refractivity contribution in [3.8, 4) is 0 Å². The molecule has 0 N–H and O–H groups in total. The highest BCUT2D eigenvalue weighted by Gasteiger charge is 2.22. The van der Waals surface area contributed by atoms with Gasteiger partial charge in [0.05, 0.1) is 4.92 Å². The van der Waals surface area contributed by atoms with Crippen LogP contribution in [0.1, 0.15) is 0 Å². The van der Waals surface area contributed by atoms with Crippen LogP contribution in [0.25, 0.3) is 0 Å². The number of hydrogen-bond donors (Lipinski definition) is 0. The molecule has 92 valence electrons. The number of nitro benzene ring substituents is 1. The molecule has 0 aromatic heterocycles. The van der Waals surface area contributed by atoms with E-state index in [0.29, 0.717) is 10.7 Å². The van der Waals surface area contributed by atoms with Crippen molar-refractivity contribution in [1.29, 1.82) is 0 Å². The van der Waals surface area contributed by atoms with Crippen LogP contribution in [0.2, 0.25) is 5.02 Å². The fourth-order valence-electron chi connectivity index (χ4n) is 1.96. The number of nitrogens with zero attached hydrogens (tertiary/aromatic N) is 3. The number of likely N-dealkylation sites (N-methyl/N-ethyl adjacent to an activating group) is 1. The lowest BCUT2D eigenvalue weighted by Gasteiger charge is -2.33. The van der Waals surface area contributed by atoms with Crippen LogP contribution >= 0.6 is 11.6 Å². The van der Waals surface area contributed by atoms with Gasteiger partial charge in [0.25, 0.3) is 5.69 Å². The number of nitro groups is 1. The van der Waals surface area contributed by atoms with Gasteiger partial charge in [-0.3, -0.25) is 10.1 Å². The highest BCUT2D eigenvalue weighted by Crippen LogP contribution is 2.31. The van der Waals surface area contributed by atoms with E-state index in [9.17, 15) is 10.1 Å². The quantitative estimate of drug-likeness (QED) is 0.599. The zero-order chi connectivity index (χ0) is 12.4. The summed E-state index contributed by atoms with van der Waals surface area (Å²) in [5, 5.41) is 11.4. The van der Waals surface area contributed by atoms with Crippen LogP contribution in [-0.2, 0) is 0 Å². The summed E-state index contributed by atoms with van der Waals surface area (Å²) in [4.78, 5) is 14.9. The van der Waals surface area contributed by atoms with E-state index < -0.39 is 0 Å². The molecule has 1 aromatic rings. The zero-order valence-corrected chi connectivity index (χ0v) is 10.4. The highest BCUT2D eigenvalue weighted by molar-refractivity contribution is 6.30. The molecule has 0 aliphatic carbocycles. The predicted octanol–water partition coefficient (Wildman–Crippen LogP) is 2.00. The van der Waals surface area contributed by atoms with Crippen LogP contribution < -0.4 is 4.90 Å². The third-order valence-corrected chi connectivity index (χ3v) is 3.21. The van der Waals surface area contributed by atoms with Crippen molar-refractivity contribution in [2.75, 3.05) is 38.1 Å². The number of benzene rings is 1. The molecule has 17 heavy (non-hydrogen) atoms. The maximum Gasteiger partial charge on any atom is 0.294 e. The van der Waals surface area contributed by atoms with Crippen LogP contribution in [0.5, 0.6) is 0 Å². The van der Waals surface area contributed by atoms with E-state index in [1.165, 1.54) is 6.07 Å². The molecule has 0 radical (unpaired) electrons. The zero-order valence-electron chi connectivity index (χ0n) is 9.60. The Hall–Kier alpha value is -1.33. The molecule has 1 heterocycles. The smallest absolute Gasteiger partial charge is 0.294 e. The SMILES string of the molecule is CN1CCN(c2ccc(Cl)cc2[N+](=O)[O-])CC1. The van der Waals surface area contributed by atoms with Crippen molar-refractivity contribution in [2.45, 2.75) is 0 Å². The second-order valence-corrected chi connectivity index (χ2v) is 4.62. The monoisotopic (exact) mass is 255 g/mol. The first-order chi connectivity index (χ1) is 8.08. The Morgan fingerprint density at radius 2 is 1.94 bits per heavy atom. The predicted molar refractivity (Wildman–Crippen MR) is 67.8 cm³/mol. The average molecular weight is 256 g/mol. The van der Waals surface area contributed by atoms with E-state index in [-0.39, 0.29) is 10.6 Å². The van der Waals surface area contributed by atoms with Gasteiger partial charge in [0, 0.05) is 37.3 Å². The molecule has 5 nitrogen and oxygen atoms in total. The molecule has 1 aliphatic heterocycles. The number of anilines is 1. The van der Waals surface area contributed by atoms with E-state index in [1.54, 1.807) is 12.1 Å². The van der Waals surface area contributed by atoms with Gasteiger partial charge in [-0.05, 0) is 19.2 Å². The summed E-state index contributed by atoms with van der Waals surface area (Å²) >= 11 is 5.79. The number of rotatable bonds is 2. The molecule has 1 fully saturated rings. The first-order valence-electron chi connectivity index (χ1n) is 5.45. The largest absolute Gasteiger partial charge is 0.363 e. The standard InChI is InChI=1S/C11H14ClN3O2/c1-13-4-6-14(7-5-13)10-3-2-9(12)8-11(10)15(16)17/h2-3,8H,4-7H2,1H3. The molecule has 0 atom stereocenters. The minimum absolute atomic E-state index is 0.0852. The van der Waals surface area contributed by atoms with Gasteiger partial charge >= 0.3 is 0 Å². The first kappa shape index (κ1) is 12.1. The van der Waals surface area contributed by atoms with Crippen LogP contribution in [-0.4, -0.2) is 43.0 Å². The van der Waals surface area contributed by atoms with Gasteiger partial charge in [0.1, 0.15) is 5.69 Å². The van der Waals surface area contributed by atoms with Crippen LogP contribution in [0.15, 0.2) is 18.2 Å². The Morgan fingerprint density at radius 1 is 1.29 bits per heavy atom. The van der Waals surface area contributed by atoms with Crippen molar-refractivity contribution >= 4 is 23.0 Å². The van der Waals surface area contributed by atoms with Crippen molar-refractivity contribution in [2.24, 2.45) is 0 Å². The van der Waals surface area contributed by atoms with E-state index in [4.69, 9.17) is 11.6 Å². The summed E-state index contributed by atoms with van der Waals surface area (Å²) in [5.41, 5.74) is 0.745. The maximum absolute atomic E-state index is 11.0. The van der Waals surface area contributed by atoms with Crippen LogP contribution in [0, 0.1) is 10.1 Å². The molecule has 0 bridgehead atoms. The summed E-state index contributed by atoms with van der Waals surface area (Å²) in [6.45, 7) is 3.44. The number of halogens is 1. The Kier molecular flexibility index (Phi) is 3.49. The van der Waals surface area contributed by atoms with Gasteiger partial charge in [-0.25, -0.2) is 0 Å². The third-order valence-electron chi connectivity index (χ3n) is 2.98. The molecule has 1 saturated heterocycles. The van der Waals surface area contributed by atoms with Crippen LogP contribution in [0.4, 0.5) is 11.4 Å². The second kappa shape index (κ2) is 4.89. The fourth-order valence-corrected chi connectivity index (χ4v) is 2.12. The topological polar surface area (TPSA) is 49.6 Å². The van der Waals surface area contributed by atoms with Gasteiger partial charge in [0.15, 0.2) is 0 Å². The molecule has 1 aliphatic rings. The van der Waals surface area contributed by atoms with Crippen molar-refractivity contribution < 1.29 is 4.92 Å². The van der Waals surface area contributed by atoms with Gasteiger partial charge in [0.2, 0.25) is 0 Å². The van der Waals surface area contributed by atoms with E-state index >= 15 is 0 Å². The third kappa shape index (κ3) is 2.68. The lowest BCUT2D eigenvalue weighted by molar-refractivity contribution is -0.384. The molecule has 1 aromatic carbocycles. The minimum atomic E-state index is -0.375. The molecule has 6 heteroatoms.